The lowest BCUT2D eigenvalue weighted by Gasteiger charge is -2.16. The van der Waals surface area contributed by atoms with E-state index >= 15 is 0 Å². The van der Waals surface area contributed by atoms with Gasteiger partial charge < -0.3 is 4.90 Å². The molecule has 3 rings (SSSR count). The maximum atomic E-state index is 12.1. The second kappa shape index (κ2) is 5.46. The molecule has 0 aliphatic carbocycles. The molecule has 1 aliphatic heterocycles. The zero-order valence-corrected chi connectivity index (χ0v) is 12.8. The molecule has 0 aromatic carbocycles. The van der Waals surface area contributed by atoms with Crippen LogP contribution in [-0.2, 0) is 6.54 Å². The van der Waals surface area contributed by atoms with E-state index in [4.69, 9.17) is 0 Å². The van der Waals surface area contributed by atoms with Gasteiger partial charge in [-0.05, 0) is 40.9 Å². The maximum Gasteiger partial charge on any atom is 0.269 e. The van der Waals surface area contributed by atoms with Crippen molar-refractivity contribution in [2.45, 2.75) is 19.4 Å². The van der Waals surface area contributed by atoms with E-state index in [1.54, 1.807) is 23.6 Å². The lowest BCUT2D eigenvalue weighted by atomic mass is 10.4. The molecule has 2 aromatic heterocycles. The number of thiophene rings is 1. The molecule has 4 nitrogen and oxygen atoms in total. The summed E-state index contributed by atoms with van der Waals surface area (Å²) in [6, 6.07) is 5.70. The van der Waals surface area contributed by atoms with Crippen molar-refractivity contribution >= 4 is 33.0 Å². The minimum atomic E-state index is -0.0334. The van der Waals surface area contributed by atoms with E-state index in [0.29, 0.717) is 6.54 Å². The number of rotatable bonds is 3. The van der Waals surface area contributed by atoms with E-state index in [0.717, 1.165) is 27.4 Å². The standard InChI is InChI=1S/C13H14BrN3OS/c14-12-4-3-11(19-12)9-17-13(18)7-10(8-15-17)16-5-1-2-6-16/h3-4,7-8H,1-2,5-6,9H2. The van der Waals surface area contributed by atoms with Crippen LogP contribution in [0.25, 0.3) is 0 Å². The average molecular weight is 340 g/mol. The Labute approximate surface area is 123 Å². The first-order valence-electron chi connectivity index (χ1n) is 6.29. The number of hydrogen-bond donors (Lipinski definition) is 0. The molecule has 0 spiro atoms. The first-order chi connectivity index (χ1) is 9.22. The molecule has 0 amide bonds. The summed E-state index contributed by atoms with van der Waals surface area (Å²) in [6.07, 6.45) is 4.20. The van der Waals surface area contributed by atoms with E-state index in [1.165, 1.54) is 17.5 Å². The molecular formula is C13H14BrN3OS. The Morgan fingerprint density at radius 1 is 1.32 bits per heavy atom. The minimum Gasteiger partial charge on any atom is -0.370 e. The zero-order valence-electron chi connectivity index (χ0n) is 10.4. The molecule has 0 atom stereocenters. The maximum absolute atomic E-state index is 12.1. The van der Waals surface area contributed by atoms with Gasteiger partial charge in [-0.15, -0.1) is 11.3 Å². The molecule has 1 saturated heterocycles. The van der Waals surface area contributed by atoms with Crippen LogP contribution in [0.1, 0.15) is 17.7 Å². The Bertz CT molecular complexity index is 631. The normalized spacial score (nSPS) is 15.1. The summed E-state index contributed by atoms with van der Waals surface area (Å²) in [4.78, 5) is 15.4. The van der Waals surface area contributed by atoms with Gasteiger partial charge in [-0.3, -0.25) is 4.79 Å². The fourth-order valence-corrected chi connectivity index (χ4v) is 3.74. The molecular weight excluding hydrogens is 326 g/mol. The molecule has 0 N–H and O–H groups in total. The van der Waals surface area contributed by atoms with Gasteiger partial charge in [0.2, 0.25) is 0 Å². The van der Waals surface area contributed by atoms with Crippen molar-refractivity contribution in [2.24, 2.45) is 0 Å². The first kappa shape index (κ1) is 12.9. The van der Waals surface area contributed by atoms with Crippen LogP contribution in [0.5, 0.6) is 0 Å². The highest BCUT2D eigenvalue weighted by atomic mass is 79.9. The van der Waals surface area contributed by atoms with Gasteiger partial charge in [-0.1, -0.05) is 0 Å². The Morgan fingerprint density at radius 2 is 2.11 bits per heavy atom. The van der Waals surface area contributed by atoms with E-state index in [1.807, 2.05) is 12.1 Å². The monoisotopic (exact) mass is 339 g/mol. The molecule has 0 bridgehead atoms. The minimum absolute atomic E-state index is 0.0334. The number of nitrogens with zero attached hydrogens (tertiary/aromatic N) is 3. The van der Waals surface area contributed by atoms with Crippen molar-refractivity contribution in [3.8, 4) is 0 Å². The van der Waals surface area contributed by atoms with Crippen molar-refractivity contribution in [3.63, 3.8) is 0 Å². The summed E-state index contributed by atoms with van der Waals surface area (Å²) in [5, 5.41) is 4.28. The largest absolute Gasteiger partial charge is 0.370 e. The van der Waals surface area contributed by atoms with Gasteiger partial charge in [0.15, 0.2) is 0 Å². The third-order valence-electron chi connectivity index (χ3n) is 3.26. The fourth-order valence-electron chi connectivity index (χ4n) is 2.28. The van der Waals surface area contributed by atoms with Gasteiger partial charge in [0.1, 0.15) is 0 Å². The molecule has 3 heterocycles. The molecule has 0 unspecified atom stereocenters. The number of hydrogen-bond acceptors (Lipinski definition) is 4. The van der Waals surface area contributed by atoms with Gasteiger partial charge in [0.25, 0.3) is 5.56 Å². The highest BCUT2D eigenvalue weighted by Gasteiger charge is 2.13. The fraction of sp³-hybridized carbons (Fsp3) is 0.385. The third kappa shape index (κ3) is 2.90. The van der Waals surface area contributed by atoms with Crippen LogP contribution >= 0.6 is 27.3 Å². The summed E-state index contributed by atoms with van der Waals surface area (Å²) in [6.45, 7) is 2.60. The second-order valence-corrected chi connectivity index (χ2v) is 7.16. The molecule has 2 aromatic rings. The Morgan fingerprint density at radius 3 is 2.74 bits per heavy atom. The molecule has 19 heavy (non-hydrogen) atoms. The molecule has 1 aliphatic rings. The molecule has 1 fully saturated rings. The summed E-state index contributed by atoms with van der Waals surface area (Å²) in [7, 11) is 0. The smallest absolute Gasteiger partial charge is 0.269 e. The van der Waals surface area contributed by atoms with Gasteiger partial charge in [-0.25, -0.2) is 4.68 Å². The lowest BCUT2D eigenvalue weighted by Crippen LogP contribution is -2.26. The quantitative estimate of drug-likeness (QED) is 0.862. The predicted octanol–water partition coefficient (Wildman–Crippen LogP) is 2.72. The number of anilines is 1. The van der Waals surface area contributed by atoms with Crippen LogP contribution in [0.2, 0.25) is 0 Å². The van der Waals surface area contributed by atoms with Crippen LogP contribution in [0, 0.1) is 0 Å². The molecule has 6 heteroatoms. The average Bonchev–Trinajstić information content (AvgIpc) is 3.03. The van der Waals surface area contributed by atoms with E-state index in [2.05, 4.69) is 25.9 Å². The van der Waals surface area contributed by atoms with Crippen molar-refractivity contribution in [3.05, 3.63) is 43.4 Å². The van der Waals surface area contributed by atoms with Crippen molar-refractivity contribution in [2.75, 3.05) is 18.0 Å². The zero-order chi connectivity index (χ0) is 13.2. The lowest BCUT2D eigenvalue weighted by molar-refractivity contribution is 0.643. The summed E-state index contributed by atoms with van der Waals surface area (Å²) in [5.41, 5.74) is 0.917. The van der Waals surface area contributed by atoms with Crippen LogP contribution in [0.15, 0.2) is 33.0 Å². The molecule has 0 radical (unpaired) electrons. The van der Waals surface area contributed by atoms with Crippen LogP contribution in [0.3, 0.4) is 0 Å². The van der Waals surface area contributed by atoms with Crippen molar-refractivity contribution in [1.29, 1.82) is 0 Å². The molecule has 100 valence electrons. The SMILES string of the molecule is O=c1cc(N2CCCC2)cnn1Cc1ccc(Br)s1. The van der Waals surface area contributed by atoms with Crippen LogP contribution in [-0.4, -0.2) is 22.9 Å². The van der Waals surface area contributed by atoms with E-state index in [-0.39, 0.29) is 5.56 Å². The number of aromatic nitrogens is 2. The van der Waals surface area contributed by atoms with Crippen LogP contribution < -0.4 is 10.5 Å². The Hall–Kier alpha value is -1.14. The summed E-state index contributed by atoms with van der Waals surface area (Å²) < 4.78 is 2.59. The van der Waals surface area contributed by atoms with E-state index < -0.39 is 0 Å². The Balaban J connectivity index is 1.81. The molecule has 0 saturated carbocycles. The first-order valence-corrected chi connectivity index (χ1v) is 7.90. The van der Waals surface area contributed by atoms with Crippen molar-refractivity contribution < 1.29 is 0 Å². The van der Waals surface area contributed by atoms with Gasteiger partial charge in [0.05, 0.1) is 22.2 Å². The van der Waals surface area contributed by atoms with E-state index in [9.17, 15) is 4.79 Å². The second-order valence-electron chi connectivity index (χ2n) is 4.61. The number of halogens is 1. The van der Waals surface area contributed by atoms with Gasteiger partial charge in [0, 0.05) is 24.0 Å². The van der Waals surface area contributed by atoms with Gasteiger partial charge in [-0.2, -0.15) is 5.10 Å². The third-order valence-corrected chi connectivity index (χ3v) is 4.87. The summed E-state index contributed by atoms with van der Waals surface area (Å²) in [5.74, 6) is 0. The van der Waals surface area contributed by atoms with Gasteiger partial charge >= 0.3 is 0 Å². The summed E-state index contributed by atoms with van der Waals surface area (Å²) >= 11 is 5.05. The van der Waals surface area contributed by atoms with Crippen LogP contribution in [0.4, 0.5) is 5.69 Å². The highest BCUT2D eigenvalue weighted by Crippen LogP contribution is 2.22. The van der Waals surface area contributed by atoms with Crippen molar-refractivity contribution in [1.82, 2.24) is 9.78 Å². The Kier molecular flexibility index (Phi) is 3.70. The topological polar surface area (TPSA) is 38.1 Å². The predicted molar refractivity (Wildman–Crippen MR) is 81.1 cm³/mol. The highest BCUT2D eigenvalue weighted by molar-refractivity contribution is 9.11.